The van der Waals surface area contributed by atoms with Crippen LogP contribution in [0.4, 0.5) is 0 Å². The summed E-state index contributed by atoms with van der Waals surface area (Å²) >= 11 is 0. The van der Waals surface area contributed by atoms with Crippen molar-refractivity contribution >= 4 is 5.97 Å². The van der Waals surface area contributed by atoms with Crippen molar-refractivity contribution < 1.29 is 9.53 Å². The maximum absolute atomic E-state index is 11.0. The molecule has 0 unspecified atom stereocenters. The van der Waals surface area contributed by atoms with Crippen molar-refractivity contribution in [1.82, 2.24) is 9.97 Å². The van der Waals surface area contributed by atoms with E-state index in [1.54, 1.807) is 13.8 Å². The summed E-state index contributed by atoms with van der Waals surface area (Å²) in [7, 11) is 1.33. The number of carbonyl (C=O) groups is 1. The Morgan fingerprint density at radius 1 is 1.50 bits per heavy atom. The van der Waals surface area contributed by atoms with Gasteiger partial charge in [-0.05, 0) is 13.8 Å². The molecule has 0 fully saturated rings. The van der Waals surface area contributed by atoms with Crippen molar-refractivity contribution in [3.8, 4) is 0 Å². The average Bonchev–Trinajstić information content (AvgIpc) is 2.03. The molecule has 0 atom stereocenters. The van der Waals surface area contributed by atoms with E-state index in [1.165, 1.54) is 13.3 Å². The van der Waals surface area contributed by atoms with Crippen LogP contribution in [0.25, 0.3) is 0 Å². The van der Waals surface area contributed by atoms with Crippen molar-refractivity contribution in [1.29, 1.82) is 0 Å². The van der Waals surface area contributed by atoms with Gasteiger partial charge in [0, 0.05) is 6.20 Å². The number of esters is 1. The van der Waals surface area contributed by atoms with Gasteiger partial charge in [-0.1, -0.05) is 0 Å². The summed E-state index contributed by atoms with van der Waals surface area (Å²) in [6, 6.07) is 0. The molecule has 1 aromatic rings. The summed E-state index contributed by atoms with van der Waals surface area (Å²) in [4.78, 5) is 19.0. The maximum Gasteiger partial charge on any atom is 0.341 e. The molecule has 0 saturated heterocycles. The molecule has 0 aromatic carbocycles. The first-order chi connectivity index (χ1) is 5.65. The molecule has 0 spiro atoms. The van der Waals surface area contributed by atoms with Gasteiger partial charge < -0.3 is 4.74 Å². The smallest absolute Gasteiger partial charge is 0.341 e. The normalized spacial score (nSPS) is 9.58. The quantitative estimate of drug-likeness (QED) is 0.581. The summed E-state index contributed by atoms with van der Waals surface area (Å²) in [5.41, 5.74) is 1.07. The third-order valence-electron chi connectivity index (χ3n) is 1.51. The summed E-state index contributed by atoms with van der Waals surface area (Å²) < 4.78 is 4.54. The molecule has 0 radical (unpaired) electrons. The summed E-state index contributed by atoms with van der Waals surface area (Å²) in [5, 5.41) is 0. The first kappa shape index (κ1) is 8.64. The SMILES string of the molecule is COC(=O)c1cnc(C)nc1C. The van der Waals surface area contributed by atoms with Crippen LogP contribution in [-0.4, -0.2) is 23.0 Å². The molecule has 1 heterocycles. The molecular weight excluding hydrogens is 156 g/mol. The van der Waals surface area contributed by atoms with E-state index in [2.05, 4.69) is 14.7 Å². The Labute approximate surface area is 70.6 Å². The zero-order valence-corrected chi connectivity index (χ0v) is 7.29. The van der Waals surface area contributed by atoms with Crippen molar-refractivity contribution in [2.24, 2.45) is 0 Å². The van der Waals surface area contributed by atoms with Crippen LogP contribution >= 0.6 is 0 Å². The average molecular weight is 166 g/mol. The van der Waals surface area contributed by atoms with E-state index < -0.39 is 5.97 Å². The van der Waals surface area contributed by atoms with E-state index in [0.29, 0.717) is 17.1 Å². The fourth-order valence-corrected chi connectivity index (χ4v) is 0.894. The molecule has 0 bridgehead atoms. The molecule has 4 nitrogen and oxygen atoms in total. The molecule has 0 aliphatic heterocycles. The lowest BCUT2D eigenvalue weighted by Gasteiger charge is -2.01. The zero-order valence-electron chi connectivity index (χ0n) is 7.29. The second kappa shape index (κ2) is 3.30. The van der Waals surface area contributed by atoms with Gasteiger partial charge in [0.2, 0.25) is 0 Å². The van der Waals surface area contributed by atoms with Crippen LogP contribution in [-0.2, 0) is 4.74 Å². The second-order valence-electron chi connectivity index (χ2n) is 2.41. The Kier molecular flexibility index (Phi) is 2.38. The van der Waals surface area contributed by atoms with Gasteiger partial charge in [0.15, 0.2) is 0 Å². The topological polar surface area (TPSA) is 52.1 Å². The van der Waals surface area contributed by atoms with Crippen molar-refractivity contribution in [3.05, 3.63) is 23.3 Å². The van der Waals surface area contributed by atoms with E-state index in [9.17, 15) is 4.79 Å². The van der Waals surface area contributed by atoms with Crippen molar-refractivity contribution in [2.75, 3.05) is 7.11 Å². The van der Waals surface area contributed by atoms with E-state index >= 15 is 0 Å². The van der Waals surface area contributed by atoms with Gasteiger partial charge in [0.05, 0.1) is 18.4 Å². The Morgan fingerprint density at radius 3 is 2.67 bits per heavy atom. The number of aromatic nitrogens is 2. The Hall–Kier alpha value is -1.45. The van der Waals surface area contributed by atoms with Crippen LogP contribution in [0, 0.1) is 13.8 Å². The van der Waals surface area contributed by atoms with Gasteiger partial charge in [-0.3, -0.25) is 0 Å². The number of hydrogen-bond acceptors (Lipinski definition) is 4. The highest BCUT2D eigenvalue weighted by atomic mass is 16.5. The van der Waals surface area contributed by atoms with Gasteiger partial charge in [0.25, 0.3) is 0 Å². The number of hydrogen-bond donors (Lipinski definition) is 0. The fraction of sp³-hybridized carbons (Fsp3) is 0.375. The van der Waals surface area contributed by atoms with Gasteiger partial charge in [0.1, 0.15) is 5.82 Å². The molecule has 0 aliphatic rings. The van der Waals surface area contributed by atoms with Gasteiger partial charge in [-0.15, -0.1) is 0 Å². The molecule has 1 aromatic heterocycles. The van der Waals surface area contributed by atoms with E-state index in [4.69, 9.17) is 0 Å². The maximum atomic E-state index is 11.0. The highest BCUT2D eigenvalue weighted by molar-refractivity contribution is 5.89. The number of rotatable bonds is 1. The number of methoxy groups -OCH3 is 1. The molecular formula is C8H10N2O2. The third kappa shape index (κ3) is 1.58. The lowest BCUT2D eigenvalue weighted by atomic mass is 10.2. The van der Waals surface area contributed by atoms with Crippen molar-refractivity contribution in [2.45, 2.75) is 13.8 Å². The Balaban J connectivity index is 3.09. The first-order valence-corrected chi connectivity index (χ1v) is 3.53. The van der Waals surface area contributed by atoms with Crippen LogP contribution in [0.5, 0.6) is 0 Å². The minimum atomic E-state index is -0.396. The minimum Gasteiger partial charge on any atom is -0.465 e. The molecule has 0 amide bonds. The van der Waals surface area contributed by atoms with Crippen LogP contribution in [0.3, 0.4) is 0 Å². The number of nitrogens with zero attached hydrogens (tertiary/aromatic N) is 2. The minimum absolute atomic E-state index is 0.396. The highest BCUT2D eigenvalue weighted by Gasteiger charge is 2.09. The lowest BCUT2D eigenvalue weighted by Crippen LogP contribution is -2.07. The van der Waals surface area contributed by atoms with E-state index in [-0.39, 0.29) is 0 Å². The molecule has 0 saturated carbocycles. The van der Waals surface area contributed by atoms with Gasteiger partial charge >= 0.3 is 5.97 Å². The summed E-state index contributed by atoms with van der Waals surface area (Å²) in [6.07, 6.45) is 1.48. The third-order valence-corrected chi connectivity index (χ3v) is 1.51. The van der Waals surface area contributed by atoms with Gasteiger partial charge in [-0.2, -0.15) is 0 Å². The molecule has 64 valence electrons. The molecule has 0 aliphatic carbocycles. The van der Waals surface area contributed by atoms with Crippen LogP contribution in [0.2, 0.25) is 0 Å². The predicted octanol–water partition coefficient (Wildman–Crippen LogP) is 0.880. The molecule has 0 N–H and O–H groups in total. The standard InChI is InChI=1S/C8H10N2O2/c1-5-7(8(11)12-3)4-9-6(2)10-5/h4H,1-3H3. The van der Waals surface area contributed by atoms with Crippen LogP contribution < -0.4 is 0 Å². The van der Waals surface area contributed by atoms with Crippen LogP contribution in [0.15, 0.2) is 6.20 Å². The fourth-order valence-electron chi connectivity index (χ4n) is 0.894. The van der Waals surface area contributed by atoms with E-state index in [0.717, 1.165) is 0 Å². The number of carbonyl (C=O) groups excluding carboxylic acids is 1. The highest BCUT2D eigenvalue weighted by Crippen LogP contribution is 2.04. The molecule has 4 heteroatoms. The molecule has 12 heavy (non-hydrogen) atoms. The second-order valence-corrected chi connectivity index (χ2v) is 2.41. The number of ether oxygens (including phenoxy) is 1. The molecule has 1 rings (SSSR count). The Bertz CT molecular complexity index is 310. The summed E-state index contributed by atoms with van der Waals surface area (Å²) in [6.45, 7) is 3.52. The first-order valence-electron chi connectivity index (χ1n) is 3.53. The largest absolute Gasteiger partial charge is 0.465 e. The number of aryl methyl sites for hydroxylation is 2. The monoisotopic (exact) mass is 166 g/mol. The Morgan fingerprint density at radius 2 is 2.17 bits per heavy atom. The zero-order chi connectivity index (χ0) is 9.14. The van der Waals surface area contributed by atoms with Crippen LogP contribution in [0.1, 0.15) is 21.9 Å². The summed E-state index contributed by atoms with van der Waals surface area (Å²) in [5.74, 6) is 0.257. The predicted molar refractivity (Wildman–Crippen MR) is 42.8 cm³/mol. The van der Waals surface area contributed by atoms with Gasteiger partial charge in [-0.25, -0.2) is 14.8 Å². The van der Waals surface area contributed by atoms with E-state index in [1.807, 2.05) is 0 Å². The lowest BCUT2D eigenvalue weighted by molar-refractivity contribution is 0.0599. The van der Waals surface area contributed by atoms with Crippen molar-refractivity contribution in [3.63, 3.8) is 0 Å².